The molecule has 3 aliphatic rings. The predicted octanol–water partition coefficient (Wildman–Crippen LogP) is 3.78. The third-order valence-electron chi connectivity index (χ3n) is 18.3. The van der Waals surface area contributed by atoms with Crippen LogP contribution in [0.5, 0.6) is 28.7 Å². The highest BCUT2D eigenvalue weighted by Gasteiger charge is 2.42. The van der Waals surface area contributed by atoms with Gasteiger partial charge in [-0.2, -0.15) is 11.8 Å². The van der Waals surface area contributed by atoms with Crippen LogP contribution in [0.2, 0.25) is 0 Å². The van der Waals surface area contributed by atoms with Crippen molar-refractivity contribution >= 4 is 70.6 Å². The number of hydrogen-bond donors (Lipinski definition) is 6. The van der Waals surface area contributed by atoms with Crippen LogP contribution >= 0.6 is 11.8 Å². The van der Waals surface area contributed by atoms with Crippen LogP contribution in [0.4, 0.5) is 16.3 Å². The summed E-state index contributed by atoms with van der Waals surface area (Å²) in [6.07, 6.45) is 3.38. The molecular weight excluding hydrogens is 1410 g/mol. The fraction of sp³-hybridized carbons (Fsp3) is 0.526. The van der Waals surface area contributed by atoms with Crippen LogP contribution in [0.1, 0.15) is 44.1 Å². The Labute approximate surface area is 636 Å². The first-order valence-electron chi connectivity index (χ1n) is 36.5. The number of unbranched alkanes of at least 4 members (excludes halogenated alkanes) is 1. The second-order valence-corrected chi connectivity index (χ2v) is 27.5. The summed E-state index contributed by atoms with van der Waals surface area (Å²) >= 11 is 1.84. The zero-order valence-corrected chi connectivity index (χ0v) is 63.9. The van der Waals surface area contributed by atoms with Crippen LogP contribution in [-0.4, -0.2) is 299 Å². The van der Waals surface area contributed by atoms with Crippen LogP contribution in [-0.2, 0) is 59.1 Å². The van der Waals surface area contributed by atoms with Gasteiger partial charge in [0.05, 0.1) is 118 Å². The van der Waals surface area contributed by atoms with Crippen molar-refractivity contribution in [1.82, 2.24) is 61.1 Å². The van der Waals surface area contributed by atoms with Crippen LogP contribution in [0.3, 0.4) is 0 Å². The Bertz CT molecular complexity index is 3620. The highest BCUT2D eigenvalue weighted by molar-refractivity contribution is 8.00. The number of carbonyl (C=O) groups is 8. The van der Waals surface area contributed by atoms with Gasteiger partial charge in [-0.3, -0.25) is 43.4 Å². The molecule has 3 fully saturated rings. The number of benzene rings is 4. The molecule has 31 nitrogen and oxygen atoms in total. The summed E-state index contributed by atoms with van der Waals surface area (Å²) < 4.78 is 51.0. The second-order valence-electron chi connectivity index (χ2n) is 26.2. The largest absolute Gasteiger partial charge is 0.497 e. The molecule has 588 valence electrons. The average Bonchev–Trinajstić information content (AvgIpc) is 1.61. The van der Waals surface area contributed by atoms with Crippen molar-refractivity contribution < 1.29 is 81.0 Å². The van der Waals surface area contributed by atoms with Crippen molar-refractivity contribution in [2.75, 3.05) is 210 Å². The Morgan fingerprint density at radius 3 is 1.69 bits per heavy atom. The van der Waals surface area contributed by atoms with E-state index in [1.54, 1.807) is 85.0 Å². The summed E-state index contributed by atoms with van der Waals surface area (Å²) in [4.78, 5) is 122. The molecular formula is C76H106N14O17S. The number of piperazine rings is 1. The van der Waals surface area contributed by atoms with Crippen molar-refractivity contribution in [3.05, 3.63) is 103 Å². The number of para-hydroxylation sites is 2. The zero-order chi connectivity index (χ0) is 77.0. The van der Waals surface area contributed by atoms with Gasteiger partial charge in [0.15, 0.2) is 17.3 Å². The van der Waals surface area contributed by atoms with E-state index < -0.39 is 30.9 Å². The lowest BCUT2D eigenvalue weighted by Gasteiger charge is -2.36. The third kappa shape index (κ3) is 28.2. The number of hydrogen-bond acceptors (Lipinski definition) is 23. The summed E-state index contributed by atoms with van der Waals surface area (Å²) in [6.45, 7) is 6.77. The number of fused-ring (bicyclic) bond motifs is 1. The highest BCUT2D eigenvalue weighted by atomic mass is 32.2. The van der Waals surface area contributed by atoms with Gasteiger partial charge >= 0.3 is 6.03 Å². The Balaban J connectivity index is 0.695. The second kappa shape index (κ2) is 45.3. The van der Waals surface area contributed by atoms with Gasteiger partial charge in [0.1, 0.15) is 36.3 Å². The molecule has 0 radical (unpaired) electrons. The van der Waals surface area contributed by atoms with Gasteiger partial charge in [0, 0.05) is 134 Å². The molecule has 3 atom stereocenters. The molecule has 4 heterocycles. The molecule has 3 saturated heterocycles. The summed E-state index contributed by atoms with van der Waals surface area (Å²) in [5, 5.41) is 17.4. The maximum Gasteiger partial charge on any atom is 0.315 e. The number of rotatable bonds is 48. The molecule has 8 rings (SSSR count). The van der Waals surface area contributed by atoms with E-state index in [4.69, 9.17) is 47.6 Å². The number of nitrogens with one attached hydrogen (secondary N) is 6. The maximum atomic E-state index is 13.1. The van der Waals surface area contributed by atoms with Gasteiger partial charge < -0.3 is 94.1 Å². The fourth-order valence-electron chi connectivity index (χ4n) is 12.2. The number of thioether (sulfide) groups is 1. The van der Waals surface area contributed by atoms with Gasteiger partial charge in [-0.05, 0) is 97.6 Å². The van der Waals surface area contributed by atoms with E-state index in [2.05, 4.69) is 57.7 Å². The zero-order valence-electron chi connectivity index (χ0n) is 63.1. The minimum Gasteiger partial charge on any atom is -0.497 e. The van der Waals surface area contributed by atoms with Crippen molar-refractivity contribution in [3.8, 4) is 51.4 Å². The normalized spacial score (nSPS) is 15.3. The van der Waals surface area contributed by atoms with Gasteiger partial charge in [0.25, 0.3) is 5.91 Å². The van der Waals surface area contributed by atoms with E-state index in [0.717, 1.165) is 73.9 Å². The fourth-order valence-corrected chi connectivity index (χ4v) is 13.7. The number of amides is 9. The number of urea groups is 1. The average molecular weight is 1520 g/mol. The van der Waals surface area contributed by atoms with Crippen molar-refractivity contribution in [1.29, 1.82) is 0 Å². The third-order valence-corrected chi connectivity index (χ3v) is 19.8. The highest BCUT2D eigenvalue weighted by Crippen LogP contribution is 2.35. The molecule has 3 aliphatic heterocycles. The Morgan fingerprint density at radius 1 is 0.546 bits per heavy atom. The minimum absolute atomic E-state index is 0.0818. The van der Waals surface area contributed by atoms with Crippen molar-refractivity contribution in [2.24, 2.45) is 0 Å². The number of anilines is 2. The maximum absolute atomic E-state index is 13.1. The predicted molar refractivity (Wildman–Crippen MR) is 408 cm³/mol. The minimum atomic E-state index is -0.564. The number of aromatic nitrogens is 2. The topological polar surface area (TPSA) is 337 Å². The lowest BCUT2D eigenvalue weighted by molar-refractivity contribution is -0.139. The Morgan fingerprint density at radius 2 is 1.11 bits per heavy atom. The summed E-state index contributed by atoms with van der Waals surface area (Å²) in [6, 6.07) is 30.2. The van der Waals surface area contributed by atoms with E-state index in [1.165, 1.54) is 21.7 Å². The molecule has 0 spiro atoms. The molecule has 5 aromatic rings. The SMILES string of the molecule is COc1ccc(-c2cc(NC(=O)COCC(=O)N(C)CC(=O)NCCOCCN(CCOCCNC(=O)CN(C)C(=O)CCCCC3SC[C@@H]4NC(=O)N[C@H]34)CCOCCNC(=O)CN(C)C(=O)CCCOc3ccc(CN4CCN(c5ccccc5OC)CC4)cc3OC)nc(-c3ccc(OC)cc3)n2)cc1. The summed E-state index contributed by atoms with van der Waals surface area (Å²) in [5.41, 5.74) is 4.19. The number of methoxy groups -OCH3 is 4. The molecule has 108 heavy (non-hydrogen) atoms. The molecule has 1 aromatic heterocycles. The van der Waals surface area contributed by atoms with Gasteiger partial charge in [-0.25, -0.2) is 14.8 Å². The van der Waals surface area contributed by atoms with Crippen LogP contribution in [0.25, 0.3) is 22.6 Å². The van der Waals surface area contributed by atoms with E-state index in [0.29, 0.717) is 97.4 Å². The van der Waals surface area contributed by atoms with Crippen LogP contribution < -0.4 is 60.5 Å². The molecule has 0 saturated carbocycles. The standard InChI is InChI=1S/C76H106N14O17S/c1-85(71(95)16-11-10-15-65-74-60(53-108-65)81-76(98)84-74)48-67(91)77-28-39-103-42-35-88(36-43-104-40-29-78-68(92)49-86(2)72(96)17-12-38-107-63-27-18-54(45-64(63)102-7)47-89-31-33-90(34-32-89)61-13-8-9-14-62(61)101-6)37-44-105-41-30-79-69(93)50-87(3)73(97)52-106-51-70(94)82-66-46-59(55-19-23-57(99-4)24-20-55)80-75(83-66)56-21-25-58(100-5)26-22-56/h8-9,13-14,18-27,45-46,60,65,74H,10-12,15-17,28-44,47-53H2,1-7H3,(H,77,91)(H,78,92)(H,79,93)(H2,81,84,98)(H,80,82,83,94)/t60-,65?,74-/m0/s1. The number of ether oxygens (including phenoxy) is 9. The van der Waals surface area contributed by atoms with E-state index >= 15 is 0 Å². The molecule has 9 amide bonds. The smallest absolute Gasteiger partial charge is 0.315 e. The van der Waals surface area contributed by atoms with E-state index in [-0.39, 0.29) is 126 Å². The number of likely N-dealkylation sites (N-methyl/N-ethyl adjacent to an activating group) is 3. The summed E-state index contributed by atoms with van der Waals surface area (Å²) in [5.74, 6) is 2.39. The molecule has 32 heteroatoms. The van der Waals surface area contributed by atoms with Crippen molar-refractivity contribution in [3.63, 3.8) is 0 Å². The molecule has 4 aromatic carbocycles. The van der Waals surface area contributed by atoms with E-state index in [9.17, 15) is 38.4 Å². The first kappa shape index (κ1) is 84.1. The molecule has 0 bridgehead atoms. The monoisotopic (exact) mass is 1520 g/mol. The number of nitrogens with zero attached hydrogens (tertiary/aromatic N) is 8. The molecule has 0 aliphatic carbocycles. The molecule has 6 N–H and O–H groups in total. The number of carbonyl (C=O) groups excluding carboxylic acids is 8. The van der Waals surface area contributed by atoms with Gasteiger partial charge in [-0.1, -0.05) is 24.6 Å². The lowest BCUT2D eigenvalue weighted by Crippen LogP contribution is -2.46. The summed E-state index contributed by atoms with van der Waals surface area (Å²) in [7, 11) is 11.1. The Hall–Kier alpha value is -9.57. The van der Waals surface area contributed by atoms with Crippen LogP contribution in [0.15, 0.2) is 97.1 Å². The first-order valence-corrected chi connectivity index (χ1v) is 37.6. The lowest BCUT2D eigenvalue weighted by atomic mass is 10.0. The van der Waals surface area contributed by atoms with Gasteiger partial charge in [0.2, 0.25) is 35.4 Å². The van der Waals surface area contributed by atoms with E-state index in [1.807, 2.05) is 60.3 Å². The quantitative estimate of drug-likeness (QED) is 0.0238. The molecule has 1 unspecified atom stereocenters. The van der Waals surface area contributed by atoms with Crippen molar-refractivity contribution in [2.45, 2.75) is 62.4 Å². The van der Waals surface area contributed by atoms with Crippen LogP contribution in [0, 0.1) is 0 Å². The first-order chi connectivity index (χ1) is 52.4. The van der Waals surface area contributed by atoms with Gasteiger partial charge in [-0.15, -0.1) is 0 Å². The Kier molecular flexibility index (Phi) is 35.3.